The molecule has 0 spiro atoms. The molecule has 3 rings (SSSR count). The highest BCUT2D eigenvalue weighted by Gasteiger charge is 2.34. The van der Waals surface area contributed by atoms with Gasteiger partial charge in [-0.1, -0.05) is 18.2 Å². The molecule has 0 aliphatic rings. The van der Waals surface area contributed by atoms with E-state index in [1.54, 1.807) is 0 Å². The summed E-state index contributed by atoms with van der Waals surface area (Å²) in [7, 11) is 0. The number of aromatic carboxylic acids is 1. The molecule has 8 heteroatoms. The quantitative estimate of drug-likeness (QED) is 0.703. The van der Waals surface area contributed by atoms with Crippen molar-refractivity contribution in [1.29, 1.82) is 0 Å². The van der Waals surface area contributed by atoms with Gasteiger partial charge >= 0.3 is 12.1 Å². The van der Waals surface area contributed by atoms with Crippen molar-refractivity contribution < 1.29 is 27.9 Å². The molecule has 27 heavy (non-hydrogen) atoms. The first-order valence-corrected chi connectivity index (χ1v) is 7.79. The predicted molar refractivity (Wildman–Crippen MR) is 93.4 cm³/mol. The van der Waals surface area contributed by atoms with Gasteiger partial charge in [-0.05, 0) is 30.3 Å². The summed E-state index contributed by atoms with van der Waals surface area (Å²) in [4.78, 5) is 27.1. The first-order chi connectivity index (χ1) is 12.7. The van der Waals surface area contributed by atoms with Crippen molar-refractivity contribution in [2.24, 2.45) is 0 Å². The Balaban J connectivity index is 2.28. The number of halogens is 3. The zero-order chi connectivity index (χ0) is 19.8. The zero-order valence-electron chi connectivity index (χ0n) is 14.0. The Morgan fingerprint density at radius 2 is 1.78 bits per heavy atom. The minimum absolute atomic E-state index is 0.118. The number of benzene rings is 2. The van der Waals surface area contributed by atoms with Crippen LogP contribution in [0.2, 0.25) is 0 Å². The molecular weight excluding hydrogens is 361 g/mol. The van der Waals surface area contributed by atoms with Crippen LogP contribution in [0.3, 0.4) is 0 Å². The lowest BCUT2D eigenvalue weighted by atomic mass is 10.00. The fourth-order valence-corrected chi connectivity index (χ4v) is 2.78. The number of pyridine rings is 1. The van der Waals surface area contributed by atoms with E-state index in [4.69, 9.17) is 0 Å². The highest BCUT2D eigenvalue weighted by molar-refractivity contribution is 6.05. The Bertz CT molecular complexity index is 1060. The number of alkyl halides is 3. The van der Waals surface area contributed by atoms with Crippen molar-refractivity contribution in [2.45, 2.75) is 13.1 Å². The molecule has 0 bridgehead atoms. The highest BCUT2D eigenvalue weighted by Crippen LogP contribution is 2.37. The summed E-state index contributed by atoms with van der Waals surface area (Å²) in [6, 6.07) is 10.3. The topological polar surface area (TPSA) is 79.3 Å². The maximum atomic E-state index is 13.3. The van der Waals surface area contributed by atoms with Crippen LogP contribution in [0.4, 0.5) is 18.9 Å². The van der Waals surface area contributed by atoms with Gasteiger partial charge in [0.15, 0.2) is 0 Å². The molecule has 3 aromatic rings. The second kappa shape index (κ2) is 6.71. The van der Waals surface area contributed by atoms with Crippen molar-refractivity contribution in [2.75, 3.05) is 5.32 Å². The summed E-state index contributed by atoms with van der Waals surface area (Å²) in [5.74, 6) is -1.63. The number of carboxylic acids is 1. The van der Waals surface area contributed by atoms with Crippen LogP contribution >= 0.6 is 0 Å². The fraction of sp³-hybridized carbons (Fsp3) is 0.105. The molecule has 0 atom stereocenters. The van der Waals surface area contributed by atoms with Crippen LogP contribution in [-0.2, 0) is 11.0 Å². The maximum Gasteiger partial charge on any atom is 0.417 e. The molecule has 1 aromatic heterocycles. The molecule has 2 N–H and O–H groups in total. The summed E-state index contributed by atoms with van der Waals surface area (Å²) in [5.41, 5.74) is -0.909. The van der Waals surface area contributed by atoms with Crippen molar-refractivity contribution in [3.8, 4) is 11.3 Å². The molecule has 0 saturated carbocycles. The highest BCUT2D eigenvalue weighted by atomic mass is 19.4. The van der Waals surface area contributed by atoms with E-state index < -0.39 is 17.7 Å². The number of carbonyl (C=O) groups is 2. The summed E-state index contributed by atoms with van der Waals surface area (Å²) in [5, 5.41) is 12.3. The largest absolute Gasteiger partial charge is 0.478 e. The van der Waals surface area contributed by atoms with Gasteiger partial charge in [0.05, 0.1) is 22.3 Å². The van der Waals surface area contributed by atoms with Crippen LogP contribution in [0.5, 0.6) is 0 Å². The number of carbonyl (C=O) groups excluding carboxylic acids is 1. The summed E-state index contributed by atoms with van der Waals surface area (Å²) < 4.78 is 40.0. The Labute approximate surface area is 151 Å². The minimum Gasteiger partial charge on any atom is -0.478 e. The van der Waals surface area contributed by atoms with Gasteiger partial charge in [-0.25, -0.2) is 9.78 Å². The minimum atomic E-state index is -4.62. The van der Waals surface area contributed by atoms with E-state index in [1.807, 2.05) is 0 Å². The lowest BCUT2D eigenvalue weighted by molar-refractivity contribution is -0.137. The molecule has 0 saturated heterocycles. The number of nitrogens with zero attached hydrogens (tertiary/aromatic N) is 1. The number of carboxylic acid groups (broad SMARTS) is 1. The molecule has 0 unspecified atom stereocenters. The van der Waals surface area contributed by atoms with Gasteiger partial charge in [0.2, 0.25) is 5.91 Å². The van der Waals surface area contributed by atoms with E-state index >= 15 is 0 Å². The van der Waals surface area contributed by atoms with Gasteiger partial charge in [-0.15, -0.1) is 0 Å². The Morgan fingerprint density at radius 3 is 2.41 bits per heavy atom. The first kappa shape index (κ1) is 18.4. The SMILES string of the molecule is CC(=O)Nc1ccc2c(C(=O)O)cc(-c3ccccc3C(F)(F)F)nc2c1. The lowest BCUT2D eigenvalue weighted by Gasteiger charge is -2.14. The monoisotopic (exact) mass is 374 g/mol. The predicted octanol–water partition coefficient (Wildman–Crippen LogP) is 4.58. The van der Waals surface area contributed by atoms with E-state index in [2.05, 4.69) is 10.3 Å². The van der Waals surface area contributed by atoms with Crippen LogP contribution < -0.4 is 5.32 Å². The van der Waals surface area contributed by atoms with E-state index in [0.29, 0.717) is 5.69 Å². The number of amides is 1. The molecule has 2 aromatic carbocycles. The summed E-state index contributed by atoms with van der Waals surface area (Å²) in [6.07, 6.45) is -4.62. The number of nitrogens with one attached hydrogen (secondary N) is 1. The second-order valence-corrected chi connectivity index (χ2v) is 5.82. The Kier molecular flexibility index (Phi) is 4.57. The third-order valence-corrected chi connectivity index (χ3v) is 3.87. The maximum absolute atomic E-state index is 13.3. The standard InChI is InChI=1S/C19H13F3N2O3/c1-10(25)23-11-6-7-12-14(18(26)27)9-17(24-16(12)8-11)13-4-2-3-5-15(13)19(20,21)22/h2-9H,1H3,(H,23,25)(H,26,27). The second-order valence-electron chi connectivity index (χ2n) is 5.82. The van der Waals surface area contributed by atoms with Gasteiger partial charge < -0.3 is 10.4 Å². The van der Waals surface area contributed by atoms with Crippen LogP contribution in [0, 0.1) is 0 Å². The first-order valence-electron chi connectivity index (χ1n) is 7.79. The smallest absolute Gasteiger partial charge is 0.417 e. The molecule has 1 amide bonds. The number of hydrogen-bond acceptors (Lipinski definition) is 3. The van der Waals surface area contributed by atoms with E-state index in [0.717, 1.165) is 12.1 Å². The molecule has 1 heterocycles. The number of rotatable bonds is 3. The number of aromatic nitrogens is 1. The third-order valence-electron chi connectivity index (χ3n) is 3.87. The Hall–Kier alpha value is -3.42. The van der Waals surface area contributed by atoms with Gasteiger partial charge in [-0.2, -0.15) is 13.2 Å². The van der Waals surface area contributed by atoms with Crippen molar-refractivity contribution in [3.63, 3.8) is 0 Å². The van der Waals surface area contributed by atoms with E-state index in [9.17, 15) is 27.9 Å². The summed E-state index contributed by atoms with van der Waals surface area (Å²) >= 11 is 0. The van der Waals surface area contributed by atoms with Crippen molar-refractivity contribution >= 4 is 28.5 Å². The van der Waals surface area contributed by atoms with Gasteiger partial charge in [0.25, 0.3) is 0 Å². The molecule has 138 valence electrons. The van der Waals surface area contributed by atoms with Crippen LogP contribution in [0.25, 0.3) is 22.2 Å². The lowest BCUT2D eigenvalue weighted by Crippen LogP contribution is -2.09. The molecule has 0 radical (unpaired) electrons. The van der Waals surface area contributed by atoms with E-state index in [-0.39, 0.29) is 33.6 Å². The van der Waals surface area contributed by atoms with Crippen molar-refractivity contribution in [3.05, 3.63) is 59.7 Å². The van der Waals surface area contributed by atoms with Crippen LogP contribution in [-0.4, -0.2) is 22.0 Å². The zero-order valence-corrected chi connectivity index (χ0v) is 14.0. The van der Waals surface area contributed by atoms with Gasteiger partial charge in [-0.3, -0.25) is 4.79 Å². The fourth-order valence-electron chi connectivity index (χ4n) is 2.78. The number of anilines is 1. The molecule has 5 nitrogen and oxygen atoms in total. The number of fused-ring (bicyclic) bond motifs is 1. The summed E-state index contributed by atoms with van der Waals surface area (Å²) in [6.45, 7) is 1.30. The van der Waals surface area contributed by atoms with Gasteiger partial charge in [0.1, 0.15) is 0 Å². The van der Waals surface area contributed by atoms with Crippen molar-refractivity contribution in [1.82, 2.24) is 4.98 Å². The van der Waals surface area contributed by atoms with Crippen LogP contribution in [0.15, 0.2) is 48.5 Å². The molecule has 0 fully saturated rings. The Morgan fingerprint density at radius 1 is 1.07 bits per heavy atom. The molecular formula is C19H13F3N2O3. The average molecular weight is 374 g/mol. The van der Waals surface area contributed by atoms with E-state index in [1.165, 1.54) is 43.3 Å². The molecule has 0 aliphatic heterocycles. The molecule has 0 aliphatic carbocycles. The normalized spacial score (nSPS) is 11.4. The third kappa shape index (κ3) is 3.74. The van der Waals surface area contributed by atoms with Crippen LogP contribution in [0.1, 0.15) is 22.8 Å². The van der Waals surface area contributed by atoms with Gasteiger partial charge in [0, 0.05) is 23.6 Å². The average Bonchev–Trinajstić information content (AvgIpc) is 2.59. The number of hydrogen-bond donors (Lipinski definition) is 2.